The van der Waals surface area contributed by atoms with Crippen LogP contribution in [0.3, 0.4) is 0 Å². The fourth-order valence-corrected chi connectivity index (χ4v) is 1.71. The van der Waals surface area contributed by atoms with Gasteiger partial charge < -0.3 is 10.2 Å². The number of halogens is 1. The van der Waals surface area contributed by atoms with Crippen LogP contribution in [-0.4, -0.2) is 26.0 Å². The molecule has 0 unspecified atom stereocenters. The summed E-state index contributed by atoms with van der Waals surface area (Å²) < 4.78 is 1.37. The van der Waals surface area contributed by atoms with E-state index in [-0.39, 0.29) is 17.3 Å². The van der Waals surface area contributed by atoms with Gasteiger partial charge in [0.05, 0.1) is 18.3 Å². The molecule has 0 fully saturated rings. The average Bonchev–Trinajstić information content (AvgIpc) is 2.60. The van der Waals surface area contributed by atoms with E-state index in [9.17, 15) is 9.90 Å². The molecule has 1 aromatic carbocycles. The third-order valence-electron chi connectivity index (χ3n) is 2.20. The van der Waals surface area contributed by atoms with Gasteiger partial charge in [-0.3, -0.25) is 4.79 Å². The molecular weight excluding hydrogens is 244 g/mol. The van der Waals surface area contributed by atoms with E-state index in [1.807, 2.05) is 0 Å². The van der Waals surface area contributed by atoms with E-state index >= 15 is 0 Å². The first-order chi connectivity index (χ1) is 8.08. The molecule has 1 aromatic heterocycles. The van der Waals surface area contributed by atoms with Crippen LogP contribution in [0.25, 0.3) is 5.69 Å². The monoisotopic (exact) mass is 252 g/mol. The van der Waals surface area contributed by atoms with E-state index in [2.05, 4.69) is 5.10 Å². The molecule has 88 valence electrons. The molecule has 0 spiro atoms. The van der Waals surface area contributed by atoms with Gasteiger partial charge >= 0.3 is 5.97 Å². The number of phenols is 1. The Bertz CT molecular complexity index is 566. The Balaban J connectivity index is 2.40. The van der Waals surface area contributed by atoms with Gasteiger partial charge in [0.15, 0.2) is 0 Å². The number of aliphatic carboxylic acids is 1. The lowest BCUT2D eigenvalue weighted by atomic mass is 10.2. The molecule has 0 aliphatic rings. The summed E-state index contributed by atoms with van der Waals surface area (Å²) >= 11 is 6.01. The Hall–Kier alpha value is -2.01. The third kappa shape index (κ3) is 2.39. The molecule has 2 aromatic rings. The van der Waals surface area contributed by atoms with Crippen molar-refractivity contribution in [3.63, 3.8) is 0 Å². The summed E-state index contributed by atoms with van der Waals surface area (Å²) in [5.41, 5.74) is 1.01. The maximum Gasteiger partial charge on any atom is 0.307 e. The van der Waals surface area contributed by atoms with Crippen LogP contribution in [-0.2, 0) is 11.2 Å². The van der Waals surface area contributed by atoms with Crippen molar-refractivity contribution >= 4 is 17.6 Å². The van der Waals surface area contributed by atoms with E-state index < -0.39 is 5.97 Å². The van der Waals surface area contributed by atoms with Gasteiger partial charge in [-0.05, 0) is 12.1 Å². The lowest BCUT2D eigenvalue weighted by Gasteiger charge is -2.03. The minimum absolute atomic E-state index is 0.0915. The van der Waals surface area contributed by atoms with Crippen LogP contribution in [0, 0.1) is 0 Å². The summed E-state index contributed by atoms with van der Waals surface area (Å²) in [6.07, 6.45) is 1.22. The maximum atomic E-state index is 10.6. The first-order valence-electron chi connectivity index (χ1n) is 4.81. The number of hydrogen-bond acceptors (Lipinski definition) is 3. The fourth-order valence-electron chi connectivity index (χ4n) is 1.45. The molecule has 0 bridgehead atoms. The van der Waals surface area contributed by atoms with Gasteiger partial charge in [-0.25, -0.2) is 4.68 Å². The molecule has 0 saturated carbocycles. The highest BCUT2D eigenvalue weighted by Gasteiger charge is 2.12. The quantitative estimate of drug-likeness (QED) is 0.874. The van der Waals surface area contributed by atoms with E-state index in [1.54, 1.807) is 12.1 Å². The number of phenolic OH excluding ortho intramolecular Hbond substituents is 1. The van der Waals surface area contributed by atoms with Crippen molar-refractivity contribution in [3.8, 4) is 11.4 Å². The molecule has 1 heterocycles. The summed E-state index contributed by atoms with van der Waals surface area (Å²) in [6, 6.07) is 6.38. The van der Waals surface area contributed by atoms with Crippen LogP contribution < -0.4 is 0 Å². The Morgan fingerprint density at radius 2 is 2.24 bits per heavy atom. The summed E-state index contributed by atoms with van der Waals surface area (Å²) in [5.74, 6) is -0.879. The number of aromatic hydroxyl groups is 1. The highest BCUT2D eigenvalue weighted by atomic mass is 35.5. The average molecular weight is 253 g/mol. The molecule has 2 rings (SSSR count). The summed E-state index contributed by atoms with van der Waals surface area (Å²) in [4.78, 5) is 10.6. The number of aromatic nitrogens is 2. The first-order valence-corrected chi connectivity index (χ1v) is 5.19. The second-order valence-electron chi connectivity index (χ2n) is 3.46. The minimum atomic E-state index is -0.970. The van der Waals surface area contributed by atoms with Crippen LogP contribution >= 0.6 is 11.6 Å². The summed E-state index contributed by atoms with van der Waals surface area (Å²) in [6.45, 7) is 0. The lowest BCUT2D eigenvalue weighted by molar-refractivity contribution is -0.136. The first kappa shape index (κ1) is 11.5. The number of carboxylic acid groups (broad SMARTS) is 1. The molecule has 0 aliphatic carbocycles. The van der Waals surface area contributed by atoms with E-state index in [4.69, 9.17) is 16.7 Å². The van der Waals surface area contributed by atoms with E-state index in [0.29, 0.717) is 11.3 Å². The zero-order valence-electron chi connectivity index (χ0n) is 8.67. The van der Waals surface area contributed by atoms with Gasteiger partial charge in [-0.1, -0.05) is 17.7 Å². The van der Waals surface area contributed by atoms with Crippen LogP contribution in [0.15, 0.2) is 30.5 Å². The molecule has 0 amide bonds. The molecule has 0 atom stereocenters. The Morgan fingerprint density at radius 1 is 1.47 bits per heavy atom. The SMILES string of the molecule is O=C(O)Cc1cnn(-c2cccc(O)c2)c1Cl. The predicted molar refractivity (Wildman–Crippen MR) is 61.6 cm³/mol. The zero-order valence-corrected chi connectivity index (χ0v) is 9.42. The van der Waals surface area contributed by atoms with Crippen molar-refractivity contribution in [1.29, 1.82) is 0 Å². The number of rotatable bonds is 3. The molecule has 17 heavy (non-hydrogen) atoms. The number of benzene rings is 1. The second kappa shape index (κ2) is 4.47. The maximum absolute atomic E-state index is 10.6. The Labute approximate surface area is 102 Å². The van der Waals surface area contributed by atoms with Gasteiger partial charge in [-0.15, -0.1) is 0 Å². The molecule has 0 saturated heterocycles. The molecule has 6 heteroatoms. The van der Waals surface area contributed by atoms with Gasteiger partial charge in [0, 0.05) is 11.6 Å². The van der Waals surface area contributed by atoms with E-state index in [0.717, 1.165) is 0 Å². The summed E-state index contributed by atoms with van der Waals surface area (Å²) in [5, 5.41) is 22.2. The lowest BCUT2D eigenvalue weighted by Crippen LogP contribution is -2.00. The standard InChI is InChI=1S/C11H9ClN2O3/c12-11-7(4-10(16)17)6-13-14(11)8-2-1-3-9(15)5-8/h1-3,5-6,15H,4H2,(H,16,17). The van der Waals surface area contributed by atoms with Gasteiger partial charge in [0.2, 0.25) is 0 Å². The molecule has 0 aliphatic heterocycles. The van der Waals surface area contributed by atoms with Crippen molar-refractivity contribution in [1.82, 2.24) is 9.78 Å². The largest absolute Gasteiger partial charge is 0.508 e. The van der Waals surface area contributed by atoms with Crippen molar-refractivity contribution in [2.75, 3.05) is 0 Å². The highest BCUT2D eigenvalue weighted by molar-refractivity contribution is 6.30. The van der Waals surface area contributed by atoms with Crippen LogP contribution in [0.2, 0.25) is 5.15 Å². The molecule has 5 nitrogen and oxygen atoms in total. The fraction of sp³-hybridized carbons (Fsp3) is 0.0909. The van der Waals surface area contributed by atoms with Crippen molar-refractivity contribution in [2.45, 2.75) is 6.42 Å². The van der Waals surface area contributed by atoms with Crippen molar-refractivity contribution in [2.24, 2.45) is 0 Å². The van der Waals surface area contributed by atoms with E-state index in [1.165, 1.54) is 23.0 Å². The number of hydrogen-bond donors (Lipinski definition) is 2. The van der Waals surface area contributed by atoms with Crippen molar-refractivity contribution in [3.05, 3.63) is 41.2 Å². The predicted octanol–water partition coefficient (Wildman–Crippen LogP) is 1.86. The molecular formula is C11H9ClN2O3. The second-order valence-corrected chi connectivity index (χ2v) is 3.82. The van der Waals surface area contributed by atoms with Gasteiger partial charge in [-0.2, -0.15) is 5.10 Å². The van der Waals surface area contributed by atoms with Crippen molar-refractivity contribution < 1.29 is 15.0 Å². The highest BCUT2D eigenvalue weighted by Crippen LogP contribution is 2.22. The molecule has 0 radical (unpaired) electrons. The zero-order chi connectivity index (χ0) is 12.4. The van der Waals surface area contributed by atoms with Crippen LogP contribution in [0.5, 0.6) is 5.75 Å². The van der Waals surface area contributed by atoms with Crippen LogP contribution in [0.4, 0.5) is 0 Å². The number of nitrogens with zero attached hydrogens (tertiary/aromatic N) is 2. The number of carbonyl (C=O) groups is 1. The normalized spacial score (nSPS) is 10.4. The van der Waals surface area contributed by atoms with Gasteiger partial charge in [0.1, 0.15) is 10.9 Å². The Morgan fingerprint density at radius 3 is 2.88 bits per heavy atom. The van der Waals surface area contributed by atoms with Gasteiger partial charge in [0.25, 0.3) is 0 Å². The smallest absolute Gasteiger partial charge is 0.307 e. The molecule has 2 N–H and O–H groups in total. The minimum Gasteiger partial charge on any atom is -0.508 e. The third-order valence-corrected chi connectivity index (χ3v) is 2.60. The summed E-state index contributed by atoms with van der Waals surface area (Å²) in [7, 11) is 0. The van der Waals surface area contributed by atoms with Crippen LogP contribution in [0.1, 0.15) is 5.56 Å². The topological polar surface area (TPSA) is 75.3 Å². The number of carboxylic acids is 1. The Kier molecular flexibility index (Phi) is 3.01.